The van der Waals surface area contributed by atoms with Crippen molar-refractivity contribution in [3.63, 3.8) is 0 Å². The van der Waals surface area contributed by atoms with Crippen LogP contribution in [0.2, 0.25) is 0 Å². The molecule has 0 saturated carbocycles. The van der Waals surface area contributed by atoms with Crippen molar-refractivity contribution in [2.75, 3.05) is 0 Å². The minimum atomic E-state index is -0.567. The molecule has 2 atom stereocenters. The molecular weight excluding hydrogens is 212 g/mol. The number of rotatable bonds is 7. The van der Waals surface area contributed by atoms with E-state index in [0.29, 0.717) is 5.92 Å². The monoisotopic (exact) mass is 240 g/mol. The Morgan fingerprint density at radius 3 is 2.18 bits per heavy atom. The fourth-order valence-electron chi connectivity index (χ4n) is 1.91. The quantitative estimate of drug-likeness (QED) is 0.544. The zero-order valence-corrected chi connectivity index (χ0v) is 12.2. The Hall–Kier alpha value is -0.630. The SMILES string of the molecule is C/C(=C(/C)C(C)CCCC(C)(C)O)C(C)C=O. The summed E-state index contributed by atoms with van der Waals surface area (Å²) >= 11 is 0. The van der Waals surface area contributed by atoms with Gasteiger partial charge in [-0.25, -0.2) is 0 Å². The highest BCUT2D eigenvalue weighted by atomic mass is 16.3. The van der Waals surface area contributed by atoms with Crippen molar-refractivity contribution in [3.8, 4) is 0 Å². The molecule has 0 aliphatic carbocycles. The standard InChI is InChI=1S/C15H28O2/c1-11(8-7-9-15(5,6)17)13(3)14(4)12(2)10-16/h10-12,17H,7-9H2,1-6H3/b14-13+. The van der Waals surface area contributed by atoms with E-state index >= 15 is 0 Å². The predicted octanol–water partition coefficient (Wildman–Crippen LogP) is 3.74. The summed E-state index contributed by atoms with van der Waals surface area (Å²) in [6, 6.07) is 0. The van der Waals surface area contributed by atoms with E-state index in [2.05, 4.69) is 13.8 Å². The van der Waals surface area contributed by atoms with Gasteiger partial charge in [-0.15, -0.1) is 0 Å². The maximum atomic E-state index is 10.8. The Balaban J connectivity index is 4.32. The topological polar surface area (TPSA) is 37.3 Å². The Morgan fingerprint density at radius 1 is 1.24 bits per heavy atom. The average Bonchev–Trinajstić information content (AvgIpc) is 2.24. The van der Waals surface area contributed by atoms with Crippen LogP contribution in [-0.4, -0.2) is 17.0 Å². The molecule has 0 amide bonds. The van der Waals surface area contributed by atoms with E-state index in [1.165, 1.54) is 11.1 Å². The molecule has 17 heavy (non-hydrogen) atoms. The Morgan fingerprint density at radius 2 is 1.76 bits per heavy atom. The van der Waals surface area contributed by atoms with Crippen molar-refractivity contribution in [3.05, 3.63) is 11.1 Å². The highest BCUT2D eigenvalue weighted by molar-refractivity contribution is 5.58. The Labute approximate surface area is 106 Å². The lowest BCUT2D eigenvalue weighted by Crippen LogP contribution is -2.18. The fourth-order valence-corrected chi connectivity index (χ4v) is 1.91. The van der Waals surface area contributed by atoms with E-state index in [0.717, 1.165) is 25.5 Å². The van der Waals surface area contributed by atoms with E-state index in [-0.39, 0.29) is 5.92 Å². The maximum absolute atomic E-state index is 10.8. The van der Waals surface area contributed by atoms with Crippen LogP contribution in [0.4, 0.5) is 0 Å². The van der Waals surface area contributed by atoms with Gasteiger partial charge in [-0.3, -0.25) is 0 Å². The molecule has 1 N–H and O–H groups in total. The smallest absolute Gasteiger partial charge is 0.126 e. The third kappa shape index (κ3) is 6.62. The molecule has 0 saturated heterocycles. The molecule has 2 unspecified atom stereocenters. The normalized spacial score (nSPS) is 17.4. The molecule has 2 nitrogen and oxygen atoms in total. The number of hydrogen-bond acceptors (Lipinski definition) is 2. The number of aliphatic hydroxyl groups is 1. The van der Waals surface area contributed by atoms with Gasteiger partial charge in [0.1, 0.15) is 6.29 Å². The summed E-state index contributed by atoms with van der Waals surface area (Å²) in [5.74, 6) is 0.506. The zero-order chi connectivity index (χ0) is 13.6. The minimum Gasteiger partial charge on any atom is -0.390 e. The molecule has 0 rings (SSSR count). The first kappa shape index (κ1) is 16.4. The number of carbonyl (C=O) groups is 1. The Bertz CT molecular complexity index is 271. The second-order valence-electron chi connectivity index (χ2n) is 5.90. The molecule has 0 aromatic rings. The van der Waals surface area contributed by atoms with Crippen molar-refractivity contribution >= 4 is 6.29 Å². The summed E-state index contributed by atoms with van der Waals surface area (Å²) in [6.07, 6.45) is 3.92. The first-order valence-electron chi connectivity index (χ1n) is 6.54. The molecule has 0 radical (unpaired) electrons. The van der Waals surface area contributed by atoms with E-state index in [1.54, 1.807) is 0 Å². The third-order valence-corrected chi connectivity index (χ3v) is 3.67. The summed E-state index contributed by atoms with van der Waals surface area (Å²) in [6.45, 7) is 12.0. The van der Waals surface area contributed by atoms with Crippen LogP contribution in [0.5, 0.6) is 0 Å². The lowest BCUT2D eigenvalue weighted by Gasteiger charge is -2.20. The van der Waals surface area contributed by atoms with Gasteiger partial charge in [-0.2, -0.15) is 0 Å². The lowest BCUT2D eigenvalue weighted by atomic mass is 9.87. The summed E-state index contributed by atoms with van der Waals surface area (Å²) < 4.78 is 0. The molecule has 100 valence electrons. The van der Waals surface area contributed by atoms with Crippen molar-refractivity contribution in [2.45, 2.75) is 66.4 Å². The first-order chi connectivity index (χ1) is 7.69. The molecular formula is C15H28O2. The maximum Gasteiger partial charge on any atom is 0.126 e. The van der Waals surface area contributed by atoms with E-state index < -0.39 is 5.60 Å². The summed E-state index contributed by atoms with van der Waals surface area (Å²) in [5, 5.41) is 9.65. The van der Waals surface area contributed by atoms with Crippen molar-refractivity contribution in [1.82, 2.24) is 0 Å². The lowest BCUT2D eigenvalue weighted by molar-refractivity contribution is -0.109. The van der Waals surface area contributed by atoms with Gasteiger partial charge in [0.15, 0.2) is 0 Å². The van der Waals surface area contributed by atoms with Gasteiger partial charge in [0.2, 0.25) is 0 Å². The van der Waals surface area contributed by atoms with Gasteiger partial charge in [0.25, 0.3) is 0 Å². The van der Waals surface area contributed by atoms with Crippen LogP contribution < -0.4 is 0 Å². The first-order valence-corrected chi connectivity index (χ1v) is 6.54. The number of allylic oxidation sites excluding steroid dienone is 2. The van der Waals surface area contributed by atoms with Crippen LogP contribution in [0.3, 0.4) is 0 Å². The second kappa shape index (κ2) is 6.95. The molecule has 2 heteroatoms. The summed E-state index contributed by atoms with van der Waals surface area (Å²) in [7, 11) is 0. The van der Waals surface area contributed by atoms with E-state index in [4.69, 9.17) is 0 Å². The van der Waals surface area contributed by atoms with Crippen molar-refractivity contribution in [1.29, 1.82) is 0 Å². The summed E-state index contributed by atoms with van der Waals surface area (Å²) in [4.78, 5) is 10.8. The van der Waals surface area contributed by atoms with Crippen LogP contribution >= 0.6 is 0 Å². The van der Waals surface area contributed by atoms with Crippen molar-refractivity contribution in [2.24, 2.45) is 11.8 Å². The van der Waals surface area contributed by atoms with Gasteiger partial charge in [-0.1, -0.05) is 31.4 Å². The molecule has 0 aliphatic rings. The molecule has 0 aromatic carbocycles. The van der Waals surface area contributed by atoms with Gasteiger partial charge in [-0.05, 0) is 46.5 Å². The Kier molecular flexibility index (Phi) is 6.69. The van der Waals surface area contributed by atoms with Gasteiger partial charge in [0.05, 0.1) is 5.60 Å². The van der Waals surface area contributed by atoms with Crippen LogP contribution in [0.1, 0.15) is 60.8 Å². The highest BCUT2D eigenvalue weighted by Crippen LogP contribution is 2.25. The molecule has 0 spiro atoms. The molecule has 0 bridgehead atoms. The van der Waals surface area contributed by atoms with Crippen molar-refractivity contribution < 1.29 is 9.90 Å². The number of carbonyl (C=O) groups excluding carboxylic acids is 1. The average molecular weight is 240 g/mol. The molecule has 0 fully saturated rings. The molecule has 0 heterocycles. The van der Waals surface area contributed by atoms with E-state index in [1.807, 2.05) is 27.7 Å². The van der Waals surface area contributed by atoms with Crippen LogP contribution in [0.25, 0.3) is 0 Å². The zero-order valence-electron chi connectivity index (χ0n) is 12.2. The number of aldehydes is 1. The van der Waals surface area contributed by atoms with Crippen LogP contribution in [-0.2, 0) is 4.79 Å². The van der Waals surface area contributed by atoms with Gasteiger partial charge >= 0.3 is 0 Å². The highest BCUT2D eigenvalue weighted by Gasteiger charge is 2.15. The molecule has 0 aliphatic heterocycles. The molecule has 0 aromatic heterocycles. The second-order valence-corrected chi connectivity index (χ2v) is 5.90. The third-order valence-electron chi connectivity index (χ3n) is 3.67. The van der Waals surface area contributed by atoms with Crippen LogP contribution in [0.15, 0.2) is 11.1 Å². The minimum absolute atomic E-state index is 0.0201. The van der Waals surface area contributed by atoms with Gasteiger partial charge < -0.3 is 9.90 Å². The summed E-state index contributed by atoms with van der Waals surface area (Å²) in [5.41, 5.74) is 1.94. The fraction of sp³-hybridized carbons (Fsp3) is 0.800. The van der Waals surface area contributed by atoms with E-state index in [9.17, 15) is 9.90 Å². The van der Waals surface area contributed by atoms with Crippen LogP contribution in [0, 0.1) is 11.8 Å². The number of hydrogen-bond donors (Lipinski definition) is 1. The van der Waals surface area contributed by atoms with Gasteiger partial charge in [0, 0.05) is 5.92 Å². The largest absolute Gasteiger partial charge is 0.390 e. The predicted molar refractivity (Wildman–Crippen MR) is 72.9 cm³/mol.